The molecule has 0 radical (unpaired) electrons. The molecule has 0 atom stereocenters. The van der Waals surface area contributed by atoms with Crippen molar-refractivity contribution in [2.45, 2.75) is 40.7 Å². The van der Waals surface area contributed by atoms with Crippen LogP contribution < -0.4 is 5.43 Å². The summed E-state index contributed by atoms with van der Waals surface area (Å²) in [4.78, 5) is 15.6. The summed E-state index contributed by atoms with van der Waals surface area (Å²) in [6, 6.07) is 0. The Balaban J connectivity index is 2.59. The average molecular weight is 223 g/mol. The van der Waals surface area contributed by atoms with Gasteiger partial charge in [-0.05, 0) is 27.7 Å². The van der Waals surface area contributed by atoms with E-state index in [-0.39, 0.29) is 12.3 Å². The van der Waals surface area contributed by atoms with Gasteiger partial charge in [-0.15, -0.1) is 0 Å². The Labute approximate surface area is 94.8 Å². The lowest BCUT2D eigenvalue weighted by molar-refractivity contribution is -0.120. The molecule has 6 nitrogen and oxygen atoms in total. The Bertz CT molecular complexity index is 403. The number of nitrogens with zero attached hydrogens (tertiary/aromatic N) is 4. The maximum atomic E-state index is 11.4. The molecule has 1 aromatic rings. The van der Waals surface area contributed by atoms with E-state index < -0.39 is 0 Å². The molecule has 0 aliphatic heterocycles. The van der Waals surface area contributed by atoms with Crippen LogP contribution in [-0.2, 0) is 17.8 Å². The smallest absolute Gasteiger partial charge is 0.247 e. The van der Waals surface area contributed by atoms with Gasteiger partial charge in [-0.25, -0.2) is 10.4 Å². The molecule has 1 amide bonds. The van der Waals surface area contributed by atoms with Gasteiger partial charge in [0.1, 0.15) is 5.82 Å². The Morgan fingerprint density at radius 1 is 1.50 bits per heavy atom. The van der Waals surface area contributed by atoms with Crippen LogP contribution >= 0.6 is 0 Å². The molecular weight excluding hydrogens is 206 g/mol. The number of carbonyl (C=O) groups excluding carboxylic acids is 1. The van der Waals surface area contributed by atoms with Gasteiger partial charge in [0.05, 0.1) is 6.42 Å². The van der Waals surface area contributed by atoms with E-state index in [1.807, 2.05) is 27.7 Å². The molecule has 6 heteroatoms. The number of rotatable bonds is 4. The van der Waals surface area contributed by atoms with E-state index in [1.54, 1.807) is 4.68 Å². The van der Waals surface area contributed by atoms with Gasteiger partial charge in [-0.2, -0.15) is 10.2 Å². The lowest BCUT2D eigenvalue weighted by atomic mass is 10.4. The first-order chi connectivity index (χ1) is 7.52. The first kappa shape index (κ1) is 12.4. The zero-order chi connectivity index (χ0) is 12.1. The molecular formula is C10H17N5O. The summed E-state index contributed by atoms with van der Waals surface area (Å²) < 4.78 is 1.76. The molecule has 0 aromatic carbocycles. The van der Waals surface area contributed by atoms with Crippen LogP contribution in [0, 0.1) is 6.92 Å². The largest absolute Gasteiger partial charge is 0.273 e. The molecule has 0 unspecified atom stereocenters. The standard InChI is InChI=1S/C10H17N5O/c1-5-15-8(4)11-9(14-15)6-10(16)13-12-7(2)3/h5-6H2,1-4H3,(H,13,16). The molecule has 1 rings (SSSR count). The molecule has 0 fully saturated rings. The van der Waals surface area contributed by atoms with Crippen molar-refractivity contribution >= 4 is 11.6 Å². The zero-order valence-corrected chi connectivity index (χ0v) is 10.1. The van der Waals surface area contributed by atoms with E-state index in [9.17, 15) is 4.79 Å². The minimum Gasteiger partial charge on any atom is -0.273 e. The molecule has 0 saturated heterocycles. The number of hydrogen-bond donors (Lipinski definition) is 1. The SMILES string of the molecule is CCn1nc(CC(=O)NN=C(C)C)nc1C. The van der Waals surface area contributed by atoms with Gasteiger partial charge >= 0.3 is 0 Å². The maximum absolute atomic E-state index is 11.4. The summed E-state index contributed by atoms with van der Waals surface area (Å²) in [5, 5.41) is 8.02. The fourth-order valence-electron chi connectivity index (χ4n) is 1.21. The highest BCUT2D eigenvalue weighted by Gasteiger charge is 2.09. The summed E-state index contributed by atoms with van der Waals surface area (Å²) in [6.07, 6.45) is 0.157. The molecule has 0 aliphatic rings. The molecule has 1 aromatic heterocycles. The second kappa shape index (κ2) is 5.39. The third-order valence-corrected chi connectivity index (χ3v) is 1.92. The Kier molecular flexibility index (Phi) is 4.16. The van der Waals surface area contributed by atoms with Crippen molar-refractivity contribution in [2.24, 2.45) is 5.10 Å². The second-order valence-electron chi connectivity index (χ2n) is 3.66. The number of amides is 1. The third kappa shape index (κ3) is 3.45. The van der Waals surface area contributed by atoms with Crippen LogP contribution in [0.1, 0.15) is 32.4 Å². The fraction of sp³-hybridized carbons (Fsp3) is 0.600. The lowest BCUT2D eigenvalue weighted by Gasteiger charge is -1.96. The van der Waals surface area contributed by atoms with E-state index in [2.05, 4.69) is 20.6 Å². The summed E-state index contributed by atoms with van der Waals surface area (Å²) in [7, 11) is 0. The van der Waals surface area contributed by atoms with Crippen LogP contribution in [0.4, 0.5) is 0 Å². The Morgan fingerprint density at radius 2 is 2.19 bits per heavy atom. The van der Waals surface area contributed by atoms with Gasteiger partial charge in [-0.3, -0.25) is 9.48 Å². The second-order valence-corrected chi connectivity index (χ2v) is 3.66. The van der Waals surface area contributed by atoms with Gasteiger partial charge in [0.2, 0.25) is 5.91 Å². The number of carbonyl (C=O) groups is 1. The normalized spacial score (nSPS) is 10.0. The van der Waals surface area contributed by atoms with Crippen molar-refractivity contribution in [3.05, 3.63) is 11.6 Å². The first-order valence-electron chi connectivity index (χ1n) is 5.23. The maximum Gasteiger partial charge on any atom is 0.247 e. The number of aromatic nitrogens is 3. The highest BCUT2D eigenvalue weighted by Crippen LogP contribution is 1.97. The van der Waals surface area contributed by atoms with E-state index >= 15 is 0 Å². The molecule has 16 heavy (non-hydrogen) atoms. The summed E-state index contributed by atoms with van der Waals surface area (Å²) in [5.74, 6) is 1.15. The molecule has 1 N–H and O–H groups in total. The van der Waals surface area contributed by atoms with Gasteiger partial charge in [0, 0.05) is 12.3 Å². The third-order valence-electron chi connectivity index (χ3n) is 1.92. The van der Waals surface area contributed by atoms with Gasteiger partial charge in [-0.1, -0.05) is 0 Å². The molecule has 0 bridgehead atoms. The summed E-state index contributed by atoms with van der Waals surface area (Å²) in [6.45, 7) is 8.23. The van der Waals surface area contributed by atoms with Crippen molar-refractivity contribution in [3.8, 4) is 0 Å². The van der Waals surface area contributed by atoms with Crippen LogP contribution in [0.3, 0.4) is 0 Å². The number of nitrogens with one attached hydrogen (secondary N) is 1. The molecule has 0 spiro atoms. The highest BCUT2D eigenvalue weighted by molar-refractivity contribution is 5.83. The number of aryl methyl sites for hydroxylation is 2. The van der Waals surface area contributed by atoms with Crippen molar-refractivity contribution in [1.29, 1.82) is 0 Å². The first-order valence-corrected chi connectivity index (χ1v) is 5.23. The van der Waals surface area contributed by atoms with Gasteiger partial charge in [0.25, 0.3) is 0 Å². The number of hydrogen-bond acceptors (Lipinski definition) is 4. The Hall–Kier alpha value is -1.72. The van der Waals surface area contributed by atoms with Crippen molar-refractivity contribution in [2.75, 3.05) is 0 Å². The molecule has 0 saturated carbocycles. The average Bonchev–Trinajstić information content (AvgIpc) is 2.55. The van der Waals surface area contributed by atoms with Crippen molar-refractivity contribution < 1.29 is 4.79 Å². The van der Waals surface area contributed by atoms with Gasteiger partial charge < -0.3 is 0 Å². The topological polar surface area (TPSA) is 72.2 Å². The van der Waals surface area contributed by atoms with E-state index in [0.717, 1.165) is 18.1 Å². The predicted molar refractivity (Wildman–Crippen MR) is 61.1 cm³/mol. The van der Waals surface area contributed by atoms with Crippen LogP contribution in [0.25, 0.3) is 0 Å². The van der Waals surface area contributed by atoms with E-state index in [4.69, 9.17) is 0 Å². The van der Waals surface area contributed by atoms with E-state index in [0.29, 0.717) is 5.82 Å². The van der Waals surface area contributed by atoms with Crippen LogP contribution in [0.15, 0.2) is 5.10 Å². The monoisotopic (exact) mass is 223 g/mol. The number of hydrazone groups is 1. The predicted octanol–water partition coefficient (Wildman–Crippen LogP) is 0.661. The zero-order valence-electron chi connectivity index (χ0n) is 10.1. The van der Waals surface area contributed by atoms with Crippen LogP contribution in [0.5, 0.6) is 0 Å². The summed E-state index contributed by atoms with van der Waals surface area (Å²) >= 11 is 0. The summed E-state index contributed by atoms with van der Waals surface area (Å²) in [5.41, 5.74) is 3.24. The van der Waals surface area contributed by atoms with Gasteiger partial charge in [0.15, 0.2) is 5.82 Å². The Morgan fingerprint density at radius 3 is 2.69 bits per heavy atom. The molecule has 88 valence electrons. The lowest BCUT2D eigenvalue weighted by Crippen LogP contribution is -2.21. The quantitative estimate of drug-likeness (QED) is 0.602. The minimum absolute atomic E-state index is 0.157. The molecule has 0 aliphatic carbocycles. The van der Waals surface area contributed by atoms with Crippen molar-refractivity contribution in [3.63, 3.8) is 0 Å². The van der Waals surface area contributed by atoms with Crippen LogP contribution in [-0.4, -0.2) is 26.4 Å². The fourth-order valence-corrected chi connectivity index (χ4v) is 1.21. The van der Waals surface area contributed by atoms with Crippen LogP contribution in [0.2, 0.25) is 0 Å². The molecule has 1 heterocycles. The van der Waals surface area contributed by atoms with Crippen molar-refractivity contribution in [1.82, 2.24) is 20.2 Å². The highest BCUT2D eigenvalue weighted by atomic mass is 16.2. The minimum atomic E-state index is -0.200. The van der Waals surface area contributed by atoms with E-state index in [1.165, 1.54) is 0 Å².